The van der Waals surface area contributed by atoms with E-state index in [1.165, 1.54) is 6.08 Å². The first-order chi connectivity index (χ1) is 11.6. The number of carbonyl (C=O) groups is 1. The van der Waals surface area contributed by atoms with Crippen molar-refractivity contribution >= 4 is 24.1 Å². The summed E-state index contributed by atoms with van der Waals surface area (Å²) in [4.78, 5) is 11.7. The molecule has 0 spiro atoms. The van der Waals surface area contributed by atoms with Crippen LogP contribution in [0.15, 0.2) is 24.3 Å². The van der Waals surface area contributed by atoms with Gasteiger partial charge in [-0.15, -0.1) is 0 Å². The van der Waals surface area contributed by atoms with Crippen molar-refractivity contribution < 1.29 is 23.6 Å². The molecule has 0 aliphatic carbocycles. The van der Waals surface area contributed by atoms with Gasteiger partial charge < -0.3 is 18.8 Å². The number of allylic oxidation sites excluding steroid dienone is 1. The quantitative estimate of drug-likeness (QED) is 0.466. The van der Waals surface area contributed by atoms with Gasteiger partial charge in [-0.05, 0) is 58.7 Å². The summed E-state index contributed by atoms with van der Waals surface area (Å²) in [6, 6.07) is 5.70. The molecular formula is C19H27BO5. The molecule has 1 fully saturated rings. The number of rotatable bonds is 5. The van der Waals surface area contributed by atoms with Gasteiger partial charge in [0.1, 0.15) is 5.75 Å². The van der Waals surface area contributed by atoms with E-state index in [1.54, 1.807) is 14.0 Å². The molecule has 0 saturated carbocycles. The second-order valence-electron chi connectivity index (χ2n) is 7.12. The average molecular weight is 346 g/mol. The number of esters is 1. The molecule has 2 rings (SSSR count). The molecule has 1 aliphatic heterocycles. The molecule has 0 bridgehead atoms. The van der Waals surface area contributed by atoms with Crippen molar-refractivity contribution in [3.05, 3.63) is 29.8 Å². The Balaban J connectivity index is 2.37. The maximum atomic E-state index is 11.7. The fraction of sp³-hybridized carbons (Fsp3) is 0.526. The minimum atomic E-state index is -0.532. The highest BCUT2D eigenvalue weighted by molar-refractivity contribution is 6.63. The van der Waals surface area contributed by atoms with Crippen LogP contribution < -0.4 is 10.2 Å². The molecule has 1 heterocycles. The summed E-state index contributed by atoms with van der Waals surface area (Å²) in [5.41, 5.74) is 1.62. The predicted molar refractivity (Wildman–Crippen MR) is 99.0 cm³/mol. The van der Waals surface area contributed by atoms with E-state index >= 15 is 0 Å². The summed E-state index contributed by atoms with van der Waals surface area (Å²) < 4.78 is 22.7. The van der Waals surface area contributed by atoms with Gasteiger partial charge in [0.2, 0.25) is 0 Å². The van der Waals surface area contributed by atoms with Crippen LogP contribution in [0, 0.1) is 0 Å². The first-order valence-corrected chi connectivity index (χ1v) is 8.50. The van der Waals surface area contributed by atoms with Crippen LogP contribution in [0.4, 0.5) is 0 Å². The summed E-state index contributed by atoms with van der Waals surface area (Å²) in [7, 11) is 1.08. The van der Waals surface area contributed by atoms with Gasteiger partial charge in [-0.2, -0.15) is 0 Å². The van der Waals surface area contributed by atoms with Crippen molar-refractivity contribution in [2.24, 2.45) is 0 Å². The number of ether oxygens (including phenoxy) is 2. The van der Waals surface area contributed by atoms with Gasteiger partial charge in [0, 0.05) is 11.5 Å². The van der Waals surface area contributed by atoms with Gasteiger partial charge in [-0.25, -0.2) is 4.79 Å². The van der Waals surface area contributed by atoms with Crippen LogP contribution in [-0.2, 0) is 18.8 Å². The van der Waals surface area contributed by atoms with Crippen molar-refractivity contribution in [1.29, 1.82) is 0 Å². The third-order valence-corrected chi connectivity index (χ3v) is 4.81. The SMILES string of the molecule is CCOC(=O)C=C(C)c1ccc(OC)c(B2OC(C)(C)C(C)(C)O2)c1. The van der Waals surface area contributed by atoms with Gasteiger partial charge >= 0.3 is 13.1 Å². The van der Waals surface area contributed by atoms with E-state index in [0.29, 0.717) is 12.4 Å². The first kappa shape index (κ1) is 19.5. The Hall–Kier alpha value is -1.79. The van der Waals surface area contributed by atoms with Crippen LogP contribution in [-0.4, -0.2) is 38.0 Å². The maximum absolute atomic E-state index is 11.7. The van der Waals surface area contributed by atoms with Crippen LogP contribution in [0.2, 0.25) is 0 Å². The summed E-state index contributed by atoms with van der Waals surface area (Å²) in [6.45, 7) is 12.0. The standard InChI is InChI=1S/C19H27BO5/c1-8-23-17(21)11-13(2)14-9-10-16(22-7)15(12-14)20-24-18(3,4)19(5,6)25-20/h9-12H,8H2,1-7H3. The number of hydrogen-bond donors (Lipinski definition) is 0. The molecule has 5 nitrogen and oxygen atoms in total. The summed E-state index contributed by atoms with van der Waals surface area (Å²) >= 11 is 0. The zero-order chi connectivity index (χ0) is 18.8. The van der Waals surface area contributed by atoms with Crippen LogP contribution in [0.5, 0.6) is 5.75 Å². The highest BCUT2D eigenvalue weighted by Gasteiger charge is 2.52. The van der Waals surface area contributed by atoms with Crippen molar-refractivity contribution in [3.63, 3.8) is 0 Å². The highest BCUT2D eigenvalue weighted by Crippen LogP contribution is 2.37. The number of methoxy groups -OCH3 is 1. The van der Waals surface area contributed by atoms with Crippen LogP contribution in [0.3, 0.4) is 0 Å². The molecule has 1 aromatic carbocycles. The molecular weight excluding hydrogens is 319 g/mol. The predicted octanol–water partition coefficient (Wildman–Crippen LogP) is 2.96. The minimum Gasteiger partial charge on any atom is -0.497 e. The summed E-state index contributed by atoms with van der Waals surface area (Å²) in [6.07, 6.45) is 1.49. The molecule has 1 aliphatic rings. The third-order valence-electron chi connectivity index (χ3n) is 4.81. The Labute approximate surface area is 150 Å². The second-order valence-corrected chi connectivity index (χ2v) is 7.12. The average Bonchev–Trinajstić information content (AvgIpc) is 2.74. The Morgan fingerprint density at radius 1 is 1.20 bits per heavy atom. The lowest BCUT2D eigenvalue weighted by atomic mass is 9.77. The lowest BCUT2D eigenvalue weighted by Gasteiger charge is -2.32. The first-order valence-electron chi connectivity index (χ1n) is 8.50. The largest absolute Gasteiger partial charge is 0.498 e. The Morgan fingerprint density at radius 3 is 2.32 bits per heavy atom. The minimum absolute atomic E-state index is 0.352. The van der Waals surface area contributed by atoms with E-state index in [0.717, 1.165) is 16.6 Å². The van der Waals surface area contributed by atoms with Gasteiger partial charge in [-0.3, -0.25) is 0 Å². The topological polar surface area (TPSA) is 54.0 Å². The van der Waals surface area contributed by atoms with Crippen LogP contribution in [0.1, 0.15) is 47.1 Å². The summed E-state index contributed by atoms with van der Waals surface area (Å²) in [5.74, 6) is 0.333. The molecule has 6 heteroatoms. The Bertz CT molecular complexity index is 662. The second kappa shape index (κ2) is 7.22. The monoisotopic (exact) mass is 346 g/mol. The molecule has 0 atom stereocenters. The third kappa shape index (κ3) is 4.07. The van der Waals surface area contributed by atoms with E-state index in [9.17, 15) is 4.79 Å². The lowest BCUT2D eigenvalue weighted by molar-refractivity contribution is -0.137. The lowest BCUT2D eigenvalue weighted by Crippen LogP contribution is -2.41. The zero-order valence-corrected chi connectivity index (χ0v) is 16.1. The van der Waals surface area contributed by atoms with Crippen molar-refractivity contribution in [1.82, 2.24) is 0 Å². The smallest absolute Gasteiger partial charge is 0.497 e. The number of carbonyl (C=O) groups excluding carboxylic acids is 1. The van der Waals surface area contributed by atoms with Gasteiger partial charge in [-0.1, -0.05) is 12.1 Å². The fourth-order valence-electron chi connectivity index (χ4n) is 2.58. The summed E-state index contributed by atoms with van der Waals surface area (Å²) in [5, 5.41) is 0. The van der Waals surface area contributed by atoms with Crippen molar-refractivity contribution in [2.45, 2.75) is 52.7 Å². The van der Waals surface area contributed by atoms with Crippen molar-refractivity contribution in [3.8, 4) is 5.75 Å². The molecule has 1 aromatic rings. The highest BCUT2D eigenvalue weighted by atomic mass is 16.7. The van der Waals surface area contributed by atoms with E-state index in [2.05, 4.69) is 0 Å². The van der Waals surface area contributed by atoms with E-state index < -0.39 is 18.3 Å². The molecule has 136 valence electrons. The number of hydrogen-bond acceptors (Lipinski definition) is 5. The van der Waals surface area contributed by atoms with E-state index in [-0.39, 0.29) is 5.97 Å². The Kier molecular flexibility index (Phi) is 5.64. The fourth-order valence-corrected chi connectivity index (χ4v) is 2.58. The maximum Gasteiger partial charge on any atom is 0.498 e. The van der Waals surface area contributed by atoms with E-state index in [1.807, 2.05) is 52.8 Å². The van der Waals surface area contributed by atoms with Gasteiger partial charge in [0.05, 0.1) is 24.9 Å². The molecule has 25 heavy (non-hydrogen) atoms. The van der Waals surface area contributed by atoms with Crippen LogP contribution in [0.25, 0.3) is 5.57 Å². The molecule has 1 saturated heterocycles. The molecule has 0 unspecified atom stereocenters. The molecule has 0 amide bonds. The molecule has 0 aromatic heterocycles. The molecule has 0 N–H and O–H groups in total. The van der Waals surface area contributed by atoms with Gasteiger partial charge in [0.15, 0.2) is 0 Å². The number of benzene rings is 1. The normalized spacial score (nSPS) is 19.0. The Morgan fingerprint density at radius 2 is 1.80 bits per heavy atom. The van der Waals surface area contributed by atoms with Crippen molar-refractivity contribution in [2.75, 3.05) is 13.7 Å². The van der Waals surface area contributed by atoms with Gasteiger partial charge in [0.25, 0.3) is 0 Å². The van der Waals surface area contributed by atoms with Crippen LogP contribution >= 0.6 is 0 Å². The molecule has 0 radical (unpaired) electrons. The zero-order valence-electron chi connectivity index (χ0n) is 16.1. The van der Waals surface area contributed by atoms with E-state index in [4.69, 9.17) is 18.8 Å².